The Balaban J connectivity index is 2.06. The maximum atomic E-state index is 11.3. The first-order chi connectivity index (χ1) is 7.22. The SMILES string of the molecule is CC(C)(C)[Si](C)(C)O[C@@H]1C=CC(=O)[C@H]2O[C@H]21. The molecule has 16 heavy (non-hydrogen) atoms. The quantitative estimate of drug-likeness (QED) is 0.549. The molecule has 0 amide bonds. The molecule has 1 fully saturated rings. The highest BCUT2D eigenvalue weighted by atomic mass is 28.4. The highest BCUT2D eigenvalue weighted by molar-refractivity contribution is 6.74. The van der Waals surface area contributed by atoms with E-state index in [9.17, 15) is 4.79 Å². The summed E-state index contributed by atoms with van der Waals surface area (Å²) >= 11 is 0. The van der Waals surface area contributed by atoms with Gasteiger partial charge in [-0.3, -0.25) is 4.79 Å². The molecule has 0 aromatic carbocycles. The summed E-state index contributed by atoms with van der Waals surface area (Å²) in [6, 6.07) is 0. The Hall–Kier alpha value is -0.453. The molecule has 2 aliphatic rings. The van der Waals surface area contributed by atoms with Crippen LogP contribution in [-0.4, -0.2) is 32.4 Å². The van der Waals surface area contributed by atoms with Crippen molar-refractivity contribution in [3.8, 4) is 0 Å². The molecule has 4 heteroatoms. The molecule has 3 nitrogen and oxygen atoms in total. The number of fused-ring (bicyclic) bond motifs is 1. The maximum Gasteiger partial charge on any atom is 0.193 e. The Morgan fingerprint density at radius 2 is 2.00 bits per heavy atom. The van der Waals surface area contributed by atoms with Crippen molar-refractivity contribution >= 4 is 14.1 Å². The summed E-state index contributed by atoms with van der Waals surface area (Å²) in [4.78, 5) is 11.3. The second-order valence-corrected chi connectivity index (χ2v) is 10.9. The van der Waals surface area contributed by atoms with E-state index in [1.165, 1.54) is 0 Å². The van der Waals surface area contributed by atoms with Gasteiger partial charge in [-0.2, -0.15) is 0 Å². The fourth-order valence-electron chi connectivity index (χ4n) is 1.62. The first-order valence-electron chi connectivity index (χ1n) is 5.78. The van der Waals surface area contributed by atoms with E-state index in [1.807, 2.05) is 6.08 Å². The largest absolute Gasteiger partial charge is 0.408 e. The normalized spacial score (nSPS) is 33.8. The summed E-state index contributed by atoms with van der Waals surface area (Å²) in [7, 11) is -1.77. The highest BCUT2D eigenvalue weighted by Crippen LogP contribution is 2.41. The third-order valence-corrected chi connectivity index (χ3v) is 8.29. The lowest BCUT2D eigenvalue weighted by Crippen LogP contribution is -2.45. The van der Waals surface area contributed by atoms with Crippen molar-refractivity contribution < 1.29 is 14.0 Å². The topological polar surface area (TPSA) is 38.8 Å². The average molecular weight is 240 g/mol. The predicted molar refractivity (Wildman–Crippen MR) is 64.9 cm³/mol. The van der Waals surface area contributed by atoms with Crippen molar-refractivity contribution in [3.63, 3.8) is 0 Å². The van der Waals surface area contributed by atoms with E-state index < -0.39 is 8.32 Å². The molecule has 0 saturated carbocycles. The lowest BCUT2D eigenvalue weighted by molar-refractivity contribution is -0.115. The fourth-order valence-corrected chi connectivity index (χ4v) is 2.87. The molecule has 0 radical (unpaired) electrons. The minimum absolute atomic E-state index is 0.0216. The van der Waals surface area contributed by atoms with Crippen LogP contribution in [0.15, 0.2) is 12.2 Å². The summed E-state index contributed by atoms with van der Waals surface area (Å²) in [6.45, 7) is 11.1. The number of ether oxygens (including phenoxy) is 1. The first kappa shape index (κ1) is 12.0. The smallest absolute Gasteiger partial charge is 0.193 e. The summed E-state index contributed by atoms with van der Waals surface area (Å²) < 4.78 is 11.6. The zero-order chi connectivity index (χ0) is 12.1. The van der Waals surface area contributed by atoms with Crippen molar-refractivity contribution in [2.24, 2.45) is 0 Å². The third-order valence-electron chi connectivity index (χ3n) is 3.82. The monoisotopic (exact) mass is 240 g/mol. The number of hydrogen-bond donors (Lipinski definition) is 0. The van der Waals surface area contributed by atoms with Crippen molar-refractivity contribution in [1.29, 1.82) is 0 Å². The van der Waals surface area contributed by atoms with Crippen LogP contribution in [0.25, 0.3) is 0 Å². The van der Waals surface area contributed by atoms with Crippen LogP contribution >= 0.6 is 0 Å². The summed E-state index contributed by atoms with van der Waals surface area (Å²) in [5.41, 5.74) is 0. The Bertz CT molecular complexity index is 341. The van der Waals surface area contributed by atoms with Gasteiger partial charge in [0.05, 0.1) is 6.10 Å². The molecule has 2 rings (SSSR count). The zero-order valence-corrected chi connectivity index (χ0v) is 11.6. The number of rotatable bonds is 2. The van der Waals surface area contributed by atoms with Gasteiger partial charge in [-0.05, 0) is 24.2 Å². The molecule has 3 atom stereocenters. The van der Waals surface area contributed by atoms with Gasteiger partial charge in [0.2, 0.25) is 0 Å². The van der Waals surface area contributed by atoms with Crippen molar-refractivity contribution in [1.82, 2.24) is 0 Å². The Morgan fingerprint density at radius 3 is 2.56 bits per heavy atom. The first-order valence-corrected chi connectivity index (χ1v) is 8.68. The molecular weight excluding hydrogens is 220 g/mol. The van der Waals surface area contributed by atoms with Crippen molar-refractivity contribution in [3.05, 3.63) is 12.2 Å². The summed E-state index contributed by atoms with van der Waals surface area (Å²) in [6.07, 6.45) is 3.19. The van der Waals surface area contributed by atoms with Crippen LogP contribution in [0.3, 0.4) is 0 Å². The van der Waals surface area contributed by atoms with Gasteiger partial charge >= 0.3 is 0 Å². The predicted octanol–water partition coefficient (Wildman–Crippen LogP) is 2.28. The molecule has 1 aliphatic carbocycles. The fraction of sp³-hybridized carbons (Fsp3) is 0.750. The van der Waals surface area contributed by atoms with Gasteiger partial charge in [0, 0.05) is 0 Å². The van der Waals surface area contributed by atoms with Crippen LogP contribution in [0, 0.1) is 0 Å². The molecular formula is C12H20O3Si. The van der Waals surface area contributed by atoms with Gasteiger partial charge in [0.15, 0.2) is 14.1 Å². The van der Waals surface area contributed by atoms with Crippen LogP contribution in [-0.2, 0) is 14.0 Å². The Labute approximate surface area is 97.9 Å². The molecule has 0 N–H and O–H groups in total. The van der Waals surface area contributed by atoms with Gasteiger partial charge in [-0.15, -0.1) is 0 Å². The molecule has 0 bridgehead atoms. The number of carbonyl (C=O) groups is 1. The van der Waals surface area contributed by atoms with Crippen LogP contribution in [0.2, 0.25) is 18.1 Å². The zero-order valence-electron chi connectivity index (χ0n) is 10.6. The lowest BCUT2D eigenvalue weighted by atomic mass is 10.0. The van der Waals surface area contributed by atoms with E-state index in [2.05, 4.69) is 33.9 Å². The van der Waals surface area contributed by atoms with E-state index in [0.29, 0.717) is 0 Å². The third kappa shape index (κ3) is 2.01. The molecule has 0 aromatic rings. The van der Waals surface area contributed by atoms with E-state index in [4.69, 9.17) is 9.16 Å². The Morgan fingerprint density at radius 1 is 1.38 bits per heavy atom. The molecule has 0 spiro atoms. The van der Waals surface area contributed by atoms with Gasteiger partial charge in [-0.25, -0.2) is 0 Å². The van der Waals surface area contributed by atoms with Gasteiger partial charge in [0.25, 0.3) is 0 Å². The maximum absolute atomic E-state index is 11.3. The molecule has 0 aromatic heterocycles. The molecule has 1 heterocycles. The van der Waals surface area contributed by atoms with Crippen molar-refractivity contribution in [2.45, 2.75) is 57.2 Å². The van der Waals surface area contributed by atoms with E-state index in [-0.39, 0.29) is 29.1 Å². The van der Waals surface area contributed by atoms with Gasteiger partial charge in [-0.1, -0.05) is 26.8 Å². The molecule has 1 aliphatic heterocycles. The summed E-state index contributed by atoms with van der Waals surface area (Å²) in [5.74, 6) is 0.0834. The number of ketones is 1. The van der Waals surface area contributed by atoms with Crippen LogP contribution in [0.1, 0.15) is 20.8 Å². The van der Waals surface area contributed by atoms with Gasteiger partial charge in [0.1, 0.15) is 12.2 Å². The highest BCUT2D eigenvalue weighted by Gasteiger charge is 2.53. The minimum atomic E-state index is -1.77. The van der Waals surface area contributed by atoms with Crippen LogP contribution < -0.4 is 0 Å². The van der Waals surface area contributed by atoms with E-state index in [1.54, 1.807) is 6.08 Å². The summed E-state index contributed by atoms with van der Waals surface area (Å²) in [5, 5.41) is 0.187. The molecule has 1 saturated heterocycles. The van der Waals surface area contributed by atoms with Crippen LogP contribution in [0.5, 0.6) is 0 Å². The van der Waals surface area contributed by atoms with E-state index >= 15 is 0 Å². The lowest BCUT2D eigenvalue weighted by Gasteiger charge is -2.38. The second-order valence-electron chi connectivity index (χ2n) is 6.13. The number of carbonyl (C=O) groups excluding carboxylic acids is 1. The Kier molecular flexibility index (Phi) is 2.64. The second kappa shape index (κ2) is 3.52. The van der Waals surface area contributed by atoms with Gasteiger partial charge < -0.3 is 9.16 Å². The van der Waals surface area contributed by atoms with E-state index in [0.717, 1.165) is 0 Å². The number of epoxide rings is 1. The number of hydrogen-bond acceptors (Lipinski definition) is 3. The molecule has 0 unspecified atom stereocenters. The minimum Gasteiger partial charge on any atom is -0.408 e. The van der Waals surface area contributed by atoms with Crippen LogP contribution in [0.4, 0.5) is 0 Å². The average Bonchev–Trinajstić information content (AvgIpc) is 2.87. The molecule has 90 valence electrons. The van der Waals surface area contributed by atoms with Crippen molar-refractivity contribution in [2.75, 3.05) is 0 Å². The standard InChI is InChI=1S/C12H20O3Si/c1-12(2,3)16(4,5)15-9-7-6-8(13)10-11(9)14-10/h6-7,9-11H,1-5H3/t9-,10-,11+/m1/s1.